The molecule has 4 nitrogen and oxygen atoms in total. The summed E-state index contributed by atoms with van der Waals surface area (Å²) in [5.41, 5.74) is 2.15. The average molecular weight is 328 g/mol. The minimum atomic E-state index is -0.164. The van der Waals surface area contributed by atoms with Crippen LogP contribution in [0.15, 0.2) is 59.5 Å². The molecule has 0 fully saturated rings. The molecule has 2 heterocycles. The zero-order valence-electron chi connectivity index (χ0n) is 10.4. The highest BCUT2D eigenvalue weighted by Crippen LogP contribution is 2.21. The molecular weight excluding hydrogens is 318 g/mol. The summed E-state index contributed by atoms with van der Waals surface area (Å²) >= 11 is 3.35. The van der Waals surface area contributed by atoms with Crippen molar-refractivity contribution in [3.8, 4) is 0 Å². The van der Waals surface area contributed by atoms with Crippen molar-refractivity contribution in [3.05, 3.63) is 65.0 Å². The van der Waals surface area contributed by atoms with Crippen molar-refractivity contribution in [3.63, 3.8) is 0 Å². The number of benzene rings is 1. The SMILES string of the molecule is O=C(Nc1ccncc1Br)c1ccc2ncccc2c1. The van der Waals surface area contributed by atoms with Gasteiger partial charge in [-0.15, -0.1) is 0 Å². The molecule has 5 heteroatoms. The number of pyridine rings is 2. The Bertz CT molecular complexity index is 789. The third kappa shape index (κ3) is 2.53. The van der Waals surface area contributed by atoms with Gasteiger partial charge in [-0.1, -0.05) is 6.07 Å². The van der Waals surface area contributed by atoms with Crippen molar-refractivity contribution >= 4 is 38.4 Å². The first-order chi connectivity index (χ1) is 9.74. The van der Waals surface area contributed by atoms with Crippen molar-refractivity contribution < 1.29 is 4.79 Å². The number of rotatable bonds is 2. The lowest BCUT2D eigenvalue weighted by Gasteiger charge is -2.07. The van der Waals surface area contributed by atoms with Crippen molar-refractivity contribution in [1.82, 2.24) is 9.97 Å². The lowest BCUT2D eigenvalue weighted by molar-refractivity contribution is 0.102. The number of hydrogen-bond acceptors (Lipinski definition) is 3. The molecule has 1 aromatic carbocycles. The number of nitrogens with zero attached hydrogens (tertiary/aromatic N) is 2. The van der Waals surface area contributed by atoms with E-state index >= 15 is 0 Å². The van der Waals surface area contributed by atoms with Crippen LogP contribution in [0.2, 0.25) is 0 Å². The van der Waals surface area contributed by atoms with E-state index in [9.17, 15) is 4.79 Å². The fourth-order valence-corrected chi connectivity index (χ4v) is 2.24. The minimum Gasteiger partial charge on any atom is -0.321 e. The zero-order chi connectivity index (χ0) is 13.9. The monoisotopic (exact) mass is 327 g/mol. The van der Waals surface area contributed by atoms with Gasteiger partial charge in [0.15, 0.2) is 0 Å². The number of carbonyl (C=O) groups excluding carboxylic acids is 1. The summed E-state index contributed by atoms with van der Waals surface area (Å²) < 4.78 is 0.746. The van der Waals surface area contributed by atoms with Gasteiger partial charge in [0.1, 0.15) is 0 Å². The second kappa shape index (κ2) is 5.38. The van der Waals surface area contributed by atoms with Crippen molar-refractivity contribution in [2.24, 2.45) is 0 Å². The fraction of sp³-hybridized carbons (Fsp3) is 0. The molecule has 0 aliphatic carbocycles. The number of aromatic nitrogens is 2. The quantitative estimate of drug-likeness (QED) is 0.781. The molecule has 0 aliphatic heterocycles. The van der Waals surface area contributed by atoms with Gasteiger partial charge in [0.2, 0.25) is 0 Å². The van der Waals surface area contributed by atoms with E-state index in [0.717, 1.165) is 15.4 Å². The van der Waals surface area contributed by atoms with Crippen LogP contribution in [0.5, 0.6) is 0 Å². The zero-order valence-corrected chi connectivity index (χ0v) is 12.0. The summed E-state index contributed by atoms with van der Waals surface area (Å²) in [6.45, 7) is 0. The third-order valence-corrected chi connectivity index (χ3v) is 3.52. The Balaban J connectivity index is 1.91. The molecule has 0 atom stereocenters. The number of fused-ring (bicyclic) bond motifs is 1. The van der Waals surface area contributed by atoms with E-state index in [2.05, 4.69) is 31.2 Å². The number of halogens is 1. The van der Waals surface area contributed by atoms with E-state index < -0.39 is 0 Å². The molecule has 0 saturated carbocycles. The lowest BCUT2D eigenvalue weighted by Crippen LogP contribution is -2.12. The number of nitrogens with one attached hydrogen (secondary N) is 1. The fourth-order valence-electron chi connectivity index (χ4n) is 1.89. The first-order valence-corrected chi connectivity index (χ1v) is 6.79. The predicted molar refractivity (Wildman–Crippen MR) is 81.6 cm³/mol. The van der Waals surface area contributed by atoms with E-state index in [1.165, 1.54) is 0 Å². The minimum absolute atomic E-state index is 0.164. The Kier molecular flexibility index (Phi) is 3.43. The van der Waals surface area contributed by atoms with Crippen molar-refractivity contribution in [1.29, 1.82) is 0 Å². The third-order valence-electron chi connectivity index (χ3n) is 2.89. The molecule has 0 bridgehead atoms. The molecular formula is C15H10BrN3O. The maximum atomic E-state index is 12.2. The van der Waals surface area contributed by atoms with E-state index in [1.54, 1.807) is 30.7 Å². The van der Waals surface area contributed by atoms with Crippen molar-refractivity contribution in [2.45, 2.75) is 0 Å². The maximum Gasteiger partial charge on any atom is 0.255 e. The summed E-state index contributed by atoms with van der Waals surface area (Å²) in [7, 11) is 0. The maximum absolute atomic E-state index is 12.2. The molecule has 0 unspecified atom stereocenters. The molecule has 1 amide bonds. The molecule has 3 rings (SSSR count). The summed E-state index contributed by atoms with van der Waals surface area (Å²) in [6, 6.07) is 11.0. The molecule has 20 heavy (non-hydrogen) atoms. The van der Waals surface area contributed by atoms with E-state index in [0.29, 0.717) is 11.3 Å². The molecule has 1 N–H and O–H groups in total. The van der Waals surface area contributed by atoms with Crippen LogP contribution in [0.25, 0.3) is 10.9 Å². The van der Waals surface area contributed by atoms with E-state index in [1.807, 2.05) is 24.3 Å². The summed E-state index contributed by atoms with van der Waals surface area (Å²) in [6.07, 6.45) is 5.00. The molecule has 3 aromatic rings. The van der Waals surface area contributed by atoms with E-state index in [-0.39, 0.29) is 5.91 Å². The summed E-state index contributed by atoms with van der Waals surface area (Å²) in [5.74, 6) is -0.164. The first-order valence-electron chi connectivity index (χ1n) is 6.00. The predicted octanol–water partition coefficient (Wildman–Crippen LogP) is 3.64. The Morgan fingerprint density at radius 1 is 1.15 bits per heavy atom. The van der Waals surface area contributed by atoms with Crippen LogP contribution < -0.4 is 5.32 Å². The summed E-state index contributed by atoms with van der Waals surface area (Å²) in [4.78, 5) is 20.4. The molecule has 0 spiro atoms. The van der Waals surface area contributed by atoms with Crippen LogP contribution in [-0.2, 0) is 0 Å². The molecule has 2 aromatic heterocycles. The molecule has 0 aliphatic rings. The highest BCUT2D eigenvalue weighted by molar-refractivity contribution is 9.10. The smallest absolute Gasteiger partial charge is 0.255 e. The number of hydrogen-bond donors (Lipinski definition) is 1. The van der Waals surface area contributed by atoms with E-state index in [4.69, 9.17) is 0 Å². The molecule has 0 saturated heterocycles. The first kappa shape index (κ1) is 12.7. The van der Waals surface area contributed by atoms with Gasteiger partial charge in [-0.2, -0.15) is 0 Å². The van der Waals surface area contributed by atoms with Gasteiger partial charge in [-0.3, -0.25) is 14.8 Å². The Morgan fingerprint density at radius 2 is 2.05 bits per heavy atom. The second-order valence-corrected chi connectivity index (χ2v) is 5.07. The topological polar surface area (TPSA) is 54.9 Å². The van der Waals surface area contributed by atoms with Gasteiger partial charge in [0, 0.05) is 29.5 Å². The normalized spacial score (nSPS) is 10.4. The standard InChI is InChI=1S/C15H10BrN3O/c16-12-9-17-7-5-14(12)19-15(20)11-3-4-13-10(8-11)2-1-6-18-13/h1-9H,(H,17,19,20). The lowest BCUT2D eigenvalue weighted by atomic mass is 10.1. The number of amides is 1. The largest absolute Gasteiger partial charge is 0.321 e. The number of carbonyl (C=O) groups is 1. The van der Waals surface area contributed by atoms with Crippen LogP contribution in [0.4, 0.5) is 5.69 Å². The van der Waals surface area contributed by atoms with Crippen LogP contribution in [-0.4, -0.2) is 15.9 Å². The highest BCUT2D eigenvalue weighted by Gasteiger charge is 2.09. The van der Waals surface area contributed by atoms with Gasteiger partial charge in [0.25, 0.3) is 5.91 Å². The van der Waals surface area contributed by atoms with Crippen molar-refractivity contribution in [2.75, 3.05) is 5.32 Å². The van der Waals surface area contributed by atoms with Crippen LogP contribution in [0.3, 0.4) is 0 Å². The average Bonchev–Trinajstić information content (AvgIpc) is 2.49. The van der Waals surface area contributed by atoms with Gasteiger partial charge in [-0.05, 0) is 46.3 Å². The van der Waals surface area contributed by atoms with Gasteiger partial charge in [-0.25, -0.2) is 0 Å². The Labute approximate surface area is 124 Å². The highest BCUT2D eigenvalue weighted by atomic mass is 79.9. The van der Waals surface area contributed by atoms with Gasteiger partial charge < -0.3 is 5.32 Å². The molecule has 0 radical (unpaired) electrons. The number of anilines is 1. The van der Waals surface area contributed by atoms with Gasteiger partial charge >= 0.3 is 0 Å². The molecule has 98 valence electrons. The summed E-state index contributed by atoms with van der Waals surface area (Å²) in [5, 5.41) is 3.78. The second-order valence-electron chi connectivity index (χ2n) is 4.22. The Morgan fingerprint density at radius 3 is 2.90 bits per heavy atom. The van der Waals surface area contributed by atoms with Crippen LogP contribution in [0.1, 0.15) is 10.4 Å². The Hall–Kier alpha value is -2.27. The van der Waals surface area contributed by atoms with Gasteiger partial charge in [0.05, 0.1) is 15.7 Å². The van der Waals surface area contributed by atoms with Crippen LogP contribution in [0, 0.1) is 0 Å². The van der Waals surface area contributed by atoms with Crippen LogP contribution >= 0.6 is 15.9 Å².